The van der Waals surface area contributed by atoms with Gasteiger partial charge in [-0.25, -0.2) is 0 Å². The average Bonchev–Trinajstić information content (AvgIpc) is 2.79. The fourth-order valence-electron chi connectivity index (χ4n) is 1.94. The van der Waals surface area contributed by atoms with E-state index in [0.29, 0.717) is 18.2 Å². The van der Waals surface area contributed by atoms with E-state index >= 15 is 0 Å². The number of rotatable bonds is 5. The van der Waals surface area contributed by atoms with Gasteiger partial charge in [-0.15, -0.1) is 0 Å². The van der Waals surface area contributed by atoms with Crippen LogP contribution in [0, 0.1) is 0 Å². The molecule has 0 amide bonds. The summed E-state index contributed by atoms with van der Waals surface area (Å²) in [7, 11) is 1.66. The summed E-state index contributed by atoms with van der Waals surface area (Å²) in [5, 5.41) is 4.96. The smallest absolute Gasteiger partial charge is 0.0746 e. The molecule has 1 aromatic heterocycles. The topological polar surface area (TPSA) is 53.1 Å². The van der Waals surface area contributed by atoms with Crippen LogP contribution < -0.4 is 5.73 Å². The van der Waals surface area contributed by atoms with E-state index < -0.39 is 0 Å². The van der Waals surface area contributed by atoms with Crippen molar-refractivity contribution in [3.05, 3.63) is 49.6 Å². The Morgan fingerprint density at radius 3 is 2.85 bits per heavy atom. The quantitative estimate of drug-likeness (QED) is 0.797. The molecule has 2 rings (SSSR count). The van der Waals surface area contributed by atoms with Crippen molar-refractivity contribution in [2.24, 2.45) is 5.73 Å². The molecule has 1 aromatic carbocycles. The number of nitrogens with two attached hydrogens (primary N) is 1. The molecule has 0 aliphatic rings. The molecule has 108 valence electrons. The molecule has 0 spiro atoms. The highest BCUT2D eigenvalue weighted by atomic mass is 79.9. The third-order valence-corrected chi connectivity index (χ3v) is 4.50. The van der Waals surface area contributed by atoms with E-state index in [9.17, 15) is 0 Å². The first-order valence-corrected chi connectivity index (χ1v) is 7.91. The van der Waals surface area contributed by atoms with Crippen molar-refractivity contribution in [3.63, 3.8) is 0 Å². The van der Waals surface area contributed by atoms with Gasteiger partial charge in [-0.1, -0.05) is 27.5 Å². The van der Waals surface area contributed by atoms with Crippen LogP contribution >= 0.6 is 43.5 Å². The molecule has 20 heavy (non-hydrogen) atoms. The predicted molar refractivity (Wildman–Crippen MR) is 87.0 cm³/mol. The minimum atomic E-state index is -0.336. The Morgan fingerprint density at radius 1 is 1.40 bits per heavy atom. The van der Waals surface area contributed by atoms with Crippen molar-refractivity contribution < 1.29 is 4.74 Å². The summed E-state index contributed by atoms with van der Waals surface area (Å²) in [5.74, 6) is 0. The molecule has 0 bridgehead atoms. The van der Waals surface area contributed by atoms with Crippen LogP contribution in [0.15, 0.2) is 33.3 Å². The first-order valence-electron chi connectivity index (χ1n) is 5.95. The Morgan fingerprint density at radius 2 is 2.15 bits per heavy atom. The molecule has 0 aliphatic heterocycles. The van der Waals surface area contributed by atoms with Gasteiger partial charge in [0.15, 0.2) is 0 Å². The zero-order chi connectivity index (χ0) is 14.7. The van der Waals surface area contributed by atoms with Crippen molar-refractivity contribution >= 4 is 43.5 Å². The lowest BCUT2D eigenvalue weighted by molar-refractivity contribution is 0.182. The summed E-state index contributed by atoms with van der Waals surface area (Å²) in [4.78, 5) is 0. The van der Waals surface area contributed by atoms with Crippen molar-refractivity contribution in [2.45, 2.75) is 12.6 Å². The largest absolute Gasteiger partial charge is 0.383 e. The number of halogens is 3. The van der Waals surface area contributed by atoms with Gasteiger partial charge in [0.1, 0.15) is 0 Å². The van der Waals surface area contributed by atoms with Gasteiger partial charge in [0.05, 0.1) is 35.6 Å². The van der Waals surface area contributed by atoms with Gasteiger partial charge in [-0.2, -0.15) is 5.10 Å². The molecule has 4 nitrogen and oxygen atoms in total. The molecule has 7 heteroatoms. The maximum Gasteiger partial charge on any atom is 0.0746 e. The standard InChI is InChI=1S/C13H14Br2ClN3O/c1-20-5-4-19-13(11(15)7-18-19)12(17)9-6-8(16)2-3-10(9)14/h2-3,6-7,12H,4-5,17H2,1H3. The van der Waals surface area contributed by atoms with Crippen LogP contribution in [0.5, 0.6) is 0 Å². The van der Waals surface area contributed by atoms with Crippen molar-refractivity contribution in [3.8, 4) is 0 Å². The second-order valence-electron chi connectivity index (χ2n) is 4.24. The number of methoxy groups -OCH3 is 1. The SMILES string of the molecule is COCCn1ncc(Br)c1C(N)c1cc(Cl)ccc1Br. The van der Waals surface area contributed by atoms with Gasteiger partial charge in [0.2, 0.25) is 0 Å². The van der Waals surface area contributed by atoms with E-state index in [1.54, 1.807) is 13.3 Å². The van der Waals surface area contributed by atoms with Crippen LogP contribution in [-0.2, 0) is 11.3 Å². The number of aromatic nitrogens is 2. The first-order chi connectivity index (χ1) is 9.54. The molecule has 0 saturated carbocycles. The van der Waals surface area contributed by atoms with Crippen LogP contribution in [0.3, 0.4) is 0 Å². The predicted octanol–water partition coefficient (Wildman–Crippen LogP) is 3.76. The summed E-state index contributed by atoms with van der Waals surface area (Å²) in [6.07, 6.45) is 1.74. The summed E-state index contributed by atoms with van der Waals surface area (Å²) in [6.45, 7) is 1.22. The molecule has 2 aromatic rings. The second kappa shape index (κ2) is 7.04. The van der Waals surface area contributed by atoms with Crippen molar-refractivity contribution in [2.75, 3.05) is 13.7 Å². The Bertz CT molecular complexity index is 603. The highest BCUT2D eigenvalue weighted by Crippen LogP contribution is 2.32. The van der Waals surface area contributed by atoms with Crippen LogP contribution in [0.2, 0.25) is 5.02 Å². The highest BCUT2D eigenvalue weighted by Gasteiger charge is 2.20. The molecular weight excluding hydrogens is 409 g/mol. The van der Waals surface area contributed by atoms with E-state index in [1.807, 2.05) is 22.9 Å². The fraction of sp³-hybridized carbons (Fsp3) is 0.308. The summed E-state index contributed by atoms with van der Waals surface area (Å²) < 4.78 is 8.72. The van der Waals surface area contributed by atoms with E-state index in [1.165, 1.54) is 0 Å². The monoisotopic (exact) mass is 421 g/mol. The molecule has 0 fully saturated rings. The molecule has 1 heterocycles. The maximum absolute atomic E-state index is 6.38. The van der Waals surface area contributed by atoms with E-state index in [2.05, 4.69) is 37.0 Å². The van der Waals surface area contributed by atoms with Gasteiger partial charge in [-0.3, -0.25) is 4.68 Å². The van der Waals surface area contributed by atoms with E-state index in [-0.39, 0.29) is 6.04 Å². The highest BCUT2D eigenvalue weighted by molar-refractivity contribution is 9.10. The Balaban J connectivity index is 2.39. The summed E-state index contributed by atoms with van der Waals surface area (Å²) in [6, 6.07) is 5.23. The number of benzene rings is 1. The molecular formula is C13H14Br2ClN3O. The molecule has 1 atom stereocenters. The van der Waals surface area contributed by atoms with Crippen LogP contribution in [0.4, 0.5) is 0 Å². The molecule has 0 radical (unpaired) electrons. The number of ether oxygens (including phenoxy) is 1. The lowest BCUT2D eigenvalue weighted by atomic mass is 10.0. The second-order valence-corrected chi connectivity index (χ2v) is 6.38. The van der Waals surface area contributed by atoms with Crippen molar-refractivity contribution in [1.82, 2.24) is 9.78 Å². The summed E-state index contributed by atoms with van der Waals surface area (Å²) in [5.41, 5.74) is 8.19. The zero-order valence-corrected chi connectivity index (χ0v) is 14.7. The van der Waals surface area contributed by atoms with Gasteiger partial charge in [-0.05, 0) is 39.7 Å². The maximum atomic E-state index is 6.38. The third kappa shape index (κ3) is 3.43. The number of hydrogen-bond acceptors (Lipinski definition) is 3. The third-order valence-electron chi connectivity index (χ3n) is 2.93. The molecule has 1 unspecified atom stereocenters. The fourth-order valence-corrected chi connectivity index (χ4v) is 3.15. The van der Waals surface area contributed by atoms with Crippen LogP contribution in [-0.4, -0.2) is 23.5 Å². The zero-order valence-electron chi connectivity index (χ0n) is 10.8. The van der Waals surface area contributed by atoms with Gasteiger partial charge < -0.3 is 10.5 Å². The van der Waals surface area contributed by atoms with Crippen LogP contribution in [0.1, 0.15) is 17.3 Å². The summed E-state index contributed by atoms with van der Waals surface area (Å²) >= 11 is 13.1. The van der Waals surface area contributed by atoms with Gasteiger partial charge in [0.25, 0.3) is 0 Å². The van der Waals surface area contributed by atoms with Crippen LogP contribution in [0.25, 0.3) is 0 Å². The Hall–Kier alpha value is -0.400. The minimum Gasteiger partial charge on any atom is -0.383 e. The lowest BCUT2D eigenvalue weighted by Gasteiger charge is -2.17. The Labute approximate surface area is 139 Å². The Kier molecular flexibility index (Phi) is 5.63. The average molecular weight is 424 g/mol. The normalized spacial score (nSPS) is 12.7. The molecule has 0 aliphatic carbocycles. The van der Waals surface area contributed by atoms with Gasteiger partial charge in [0, 0.05) is 16.6 Å². The minimum absolute atomic E-state index is 0.336. The molecule has 0 saturated heterocycles. The number of hydrogen-bond donors (Lipinski definition) is 1. The van der Waals surface area contributed by atoms with E-state index in [0.717, 1.165) is 20.2 Å². The lowest BCUT2D eigenvalue weighted by Crippen LogP contribution is -2.20. The molecule has 2 N–H and O–H groups in total. The first kappa shape index (κ1) is 16.0. The van der Waals surface area contributed by atoms with Gasteiger partial charge >= 0.3 is 0 Å². The number of nitrogens with zero attached hydrogens (tertiary/aromatic N) is 2. The van der Waals surface area contributed by atoms with Crippen molar-refractivity contribution in [1.29, 1.82) is 0 Å². The van der Waals surface area contributed by atoms with E-state index in [4.69, 9.17) is 22.1 Å².